The molecule has 2 N–H and O–H groups in total. The SMILES string of the molecule is CCOCC(N)c1cc(Cl)ccc1F. The van der Waals surface area contributed by atoms with Crippen molar-refractivity contribution in [3.63, 3.8) is 0 Å². The fourth-order valence-corrected chi connectivity index (χ4v) is 1.31. The quantitative estimate of drug-likeness (QED) is 0.841. The molecule has 4 heteroatoms. The van der Waals surface area contributed by atoms with Crippen molar-refractivity contribution in [2.24, 2.45) is 5.73 Å². The standard InChI is InChI=1S/C10H13ClFNO/c1-2-14-6-10(13)8-5-7(11)3-4-9(8)12/h3-5,10H,2,6,13H2,1H3. The largest absolute Gasteiger partial charge is 0.380 e. The summed E-state index contributed by atoms with van der Waals surface area (Å²) in [6.07, 6.45) is 0. The lowest BCUT2D eigenvalue weighted by Crippen LogP contribution is -2.18. The Hall–Kier alpha value is -0.640. The van der Waals surface area contributed by atoms with Crippen LogP contribution < -0.4 is 5.73 Å². The minimum atomic E-state index is -0.464. The van der Waals surface area contributed by atoms with Crippen LogP contribution in [0.4, 0.5) is 4.39 Å². The van der Waals surface area contributed by atoms with E-state index < -0.39 is 6.04 Å². The summed E-state index contributed by atoms with van der Waals surface area (Å²) in [5.41, 5.74) is 6.12. The molecule has 1 aromatic carbocycles. The van der Waals surface area contributed by atoms with Gasteiger partial charge in [0.15, 0.2) is 0 Å². The van der Waals surface area contributed by atoms with Gasteiger partial charge in [0.1, 0.15) is 5.82 Å². The van der Waals surface area contributed by atoms with Gasteiger partial charge in [-0.25, -0.2) is 4.39 Å². The number of hydrogen-bond acceptors (Lipinski definition) is 2. The van der Waals surface area contributed by atoms with Crippen LogP contribution in [0.5, 0.6) is 0 Å². The molecule has 1 aromatic rings. The molecule has 0 spiro atoms. The molecule has 0 aliphatic heterocycles. The number of benzene rings is 1. The topological polar surface area (TPSA) is 35.2 Å². The highest BCUT2D eigenvalue weighted by Crippen LogP contribution is 2.20. The van der Waals surface area contributed by atoms with Gasteiger partial charge in [-0.15, -0.1) is 0 Å². The summed E-state index contributed by atoms with van der Waals surface area (Å²) in [5.74, 6) is -0.346. The van der Waals surface area contributed by atoms with Gasteiger partial charge >= 0.3 is 0 Å². The van der Waals surface area contributed by atoms with Crippen LogP contribution in [0.3, 0.4) is 0 Å². The number of rotatable bonds is 4. The molecular formula is C10H13ClFNO. The highest BCUT2D eigenvalue weighted by Gasteiger charge is 2.11. The van der Waals surface area contributed by atoms with Gasteiger partial charge < -0.3 is 10.5 Å². The monoisotopic (exact) mass is 217 g/mol. The van der Waals surface area contributed by atoms with Crippen LogP contribution in [0, 0.1) is 5.82 Å². The van der Waals surface area contributed by atoms with Crippen molar-refractivity contribution in [3.05, 3.63) is 34.6 Å². The summed E-state index contributed by atoms with van der Waals surface area (Å²) >= 11 is 5.73. The smallest absolute Gasteiger partial charge is 0.128 e. The number of halogens is 2. The first-order valence-electron chi connectivity index (χ1n) is 4.43. The molecule has 1 unspecified atom stereocenters. The van der Waals surface area contributed by atoms with Gasteiger partial charge in [-0.3, -0.25) is 0 Å². The Labute approximate surface area is 87.8 Å². The van der Waals surface area contributed by atoms with E-state index in [4.69, 9.17) is 22.1 Å². The Morgan fingerprint density at radius 2 is 2.29 bits per heavy atom. The molecule has 0 aromatic heterocycles. The fraction of sp³-hybridized carbons (Fsp3) is 0.400. The first kappa shape index (κ1) is 11.4. The van der Waals surface area contributed by atoms with E-state index in [0.717, 1.165) is 0 Å². The molecular weight excluding hydrogens is 205 g/mol. The predicted molar refractivity (Wildman–Crippen MR) is 54.8 cm³/mol. The predicted octanol–water partition coefficient (Wildman–Crippen LogP) is 2.52. The van der Waals surface area contributed by atoms with Crippen LogP contribution in [-0.4, -0.2) is 13.2 Å². The normalized spacial score (nSPS) is 12.9. The Bertz CT molecular complexity index is 306. The third-order valence-electron chi connectivity index (χ3n) is 1.86. The van der Waals surface area contributed by atoms with Gasteiger partial charge in [-0.05, 0) is 25.1 Å². The van der Waals surface area contributed by atoms with E-state index in [0.29, 0.717) is 23.8 Å². The van der Waals surface area contributed by atoms with Crippen molar-refractivity contribution in [2.45, 2.75) is 13.0 Å². The molecule has 0 amide bonds. The Kier molecular flexibility index (Phi) is 4.32. The van der Waals surface area contributed by atoms with E-state index in [1.807, 2.05) is 6.92 Å². The molecule has 0 radical (unpaired) electrons. The first-order chi connectivity index (χ1) is 6.65. The molecule has 14 heavy (non-hydrogen) atoms. The van der Waals surface area contributed by atoms with Crippen LogP contribution >= 0.6 is 11.6 Å². The molecule has 0 fully saturated rings. The Balaban J connectivity index is 2.77. The number of ether oxygens (including phenoxy) is 1. The van der Waals surface area contributed by atoms with Crippen molar-refractivity contribution in [1.29, 1.82) is 0 Å². The van der Waals surface area contributed by atoms with E-state index in [9.17, 15) is 4.39 Å². The van der Waals surface area contributed by atoms with E-state index in [2.05, 4.69) is 0 Å². The highest BCUT2D eigenvalue weighted by atomic mass is 35.5. The van der Waals surface area contributed by atoms with Crippen LogP contribution in [0.1, 0.15) is 18.5 Å². The zero-order valence-electron chi connectivity index (χ0n) is 7.97. The zero-order chi connectivity index (χ0) is 10.6. The fourth-order valence-electron chi connectivity index (χ4n) is 1.13. The van der Waals surface area contributed by atoms with Crippen LogP contribution in [-0.2, 0) is 4.74 Å². The van der Waals surface area contributed by atoms with Crippen molar-refractivity contribution >= 4 is 11.6 Å². The maximum atomic E-state index is 13.3. The molecule has 2 nitrogen and oxygen atoms in total. The third kappa shape index (κ3) is 2.94. The molecule has 1 rings (SSSR count). The molecule has 1 atom stereocenters. The first-order valence-corrected chi connectivity index (χ1v) is 4.81. The molecule has 0 heterocycles. The van der Waals surface area contributed by atoms with Crippen LogP contribution in [0.15, 0.2) is 18.2 Å². The van der Waals surface area contributed by atoms with Gasteiger partial charge in [0.2, 0.25) is 0 Å². The Morgan fingerprint density at radius 3 is 2.93 bits per heavy atom. The molecule has 0 aliphatic rings. The van der Waals surface area contributed by atoms with E-state index in [1.165, 1.54) is 18.2 Å². The minimum Gasteiger partial charge on any atom is -0.380 e. The van der Waals surface area contributed by atoms with Crippen LogP contribution in [0.2, 0.25) is 5.02 Å². The summed E-state index contributed by atoms with van der Waals surface area (Å²) < 4.78 is 18.4. The van der Waals surface area contributed by atoms with Crippen molar-refractivity contribution in [2.75, 3.05) is 13.2 Å². The Morgan fingerprint density at radius 1 is 1.57 bits per heavy atom. The second-order valence-corrected chi connectivity index (χ2v) is 3.37. The molecule has 0 aliphatic carbocycles. The summed E-state index contributed by atoms with van der Waals surface area (Å²) in [7, 11) is 0. The minimum absolute atomic E-state index is 0.299. The molecule has 78 valence electrons. The number of nitrogens with two attached hydrogens (primary N) is 1. The zero-order valence-corrected chi connectivity index (χ0v) is 8.72. The second kappa shape index (κ2) is 5.29. The average Bonchev–Trinajstić information content (AvgIpc) is 2.18. The maximum absolute atomic E-state index is 13.3. The van der Waals surface area contributed by atoms with Gasteiger partial charge in [0.05, 0.1) is 12.6 Å². The third-order valence-corrected chi connectivity index (χ3v) is 2.09. The van der Waals surface area contributed by atoms with Gasteiger partial charge in [-0.2, -0.15) is 0 Å². The highest BCUT2D eigenvalue weighted by molar-refractivity contribution is 6.30. The lowest BCUT2D eigenvalue weighted by atomic mass is 10.1. The molecule has 0 bridgehead atoms. The lowest BCUT2D eigenvalue weighted by molar-refractivity contribution is 0.132. The molecule has 0 saturated carbocycles. The summed E-state index contributed by atoms with van der Waals surface area (Å²) in [5, 5.41) is 0.480. The average molecular weight is 218 g/mol. The van der Waals surface area contributed by atoms with E-state index in [1.54, 1.807) is 0 Å². The molecule has 0 saturated heterocycles. The van der Waals surface area contributed by atoms with E-state index >= 15 is 0 Å². The van der Waals surface area contributed by atoms with Gasteiger partial charge in [-0.1, -0.05) is 11.6 Å². The number of hydrogen-bond donors (Lipinski definition) is 1. The van der Waals surface area contributed by atoms with E-state index in [-0.39, 0.29) is 5.82 Å². The maximum Gasteiger partial charge on any atom is 0.128 e. The van der Waals surface area contributed by atoms with Crippen LogP contribution in [0.25, 0.3) is 0 Å². The summed E-state index contributed by atoms with van der Waals surface area (Å²) in [6.45, 7) is 2.73. The van der Waals surface area contributed by atoms with Crippen molar-refractivity contribution < 1.29 is 9.13 Å². The lowest BCUT2D eigenvalue weighted by Gasteiger charge is -2.12. The summed E-state index contributed by atoms with van der Waals surface area (Å²) in [4.78, 5) is 0. The summed E-state index contributed by atoms with van der Waals surface area (Å²) in [6, 6.07) is 3.87. The van der Waals surface area contributed by atoms with Gasteiger partial charge in [0.25, 0.3) is 0 Å². The van der Waals surface area contributed by atoms with Crippen molar-refractivity contribution in [1.82, 2.24) is 0 Å². The second-order valence-electron chi connectivity index (χ2n) is 2.93. The van der Waals surface area contributed by atoms with Gasteiger partial charge in [0, 0.05) is 17.2 Å². The van der Waals surface area contributed by atoms with Crippen molar-refractivity contribution in [3.8, 4) is 0 Å².